The van der Waals surface area contributed by atoms with Gasteiger partial charge >= 0.3 is 0 Å². The molecule has 0 unspecified atom stereocenters. The Morgan fingerprint density at radius 1 is 1.47 bits per heavy atom. The van der Waals surface area contributed by atoms with Crippen LogP contribution in [0.1, 0.15) is 30.9 Å². The van der Waals surface area contributed by atoms with Gasteiger partial charge in [0.25, 0.3) is 0 Å². The number of anilines is 1. The molecule has 0 spiro atoms. The topological polar surface area (TPSA) is 101 Å². The number of hydrogen-bond acceptors (Lipinski definition) is 5. The lowest BCUT2D eigenvalue weighted by molar-refractivity contribution is 0.226. The second kappa shape index (κ2) is 4.52. The van der Waals surface area contributed by atoms with Crippen LogP contribution in [0.3, 0.4) is 0 Å². The van der Waals surface area contributed by atoms with Crippen molar-refractivity contribution in [2.75, 3.05) is 12.3 Å². The number of aliphatic hydroxyl groups is 1. The Bertz CT molecular complexity index is 657. The Morgan fingerprint density at radius 3 is 3.00 bits per heavy atom. The van der Waals surface area contributed by atoms with Crippen LogP contribution in [0.4, 0.5) is 5.82 Å². The van der Waals surface area contributed by atoms with Crippen LogP contribution in [-0.4, -0.2) is 26.2 Å². The Labute approximate surface area is 110 Å². The number of rotatable bonds is 2. The molecule has 2 aromatic rings. The van der Waals surface area contributed by atoms with Gasteiger partial charge in [0.2, 0.25) is 0 Å². The Hall–Kier alpha value is -2.13. The van der Waals surface area contributed by atoms with Gasteiger partial charge in [0.05, 0.1) is 10.9 Å². The summed E-state index contributed by atoms with van der Waals surface area (Å²) < 4.78 is 2.02. The molecular weight excluding hydrogens is 242 g/mol. The van der Waals surface area contributed by atoms with Gasteiger partial charge in [-0.15, -0.1) is 0 Å². The smallest absolute Gasteiger partial charge is 0.147 e. The standard InChI is InChI=1S/C13H15N5O/c14-4-9-5-18(10-2-1-8(3-10)6-19)13-11(9)12(15)16-7-17-13/h5,7-8,10,19H,1-3,6H2,(H2,15,16,17)/t8-,10+/m1/s1. The molecule has 98 valence electrons. The lowest BCUT2D eigenvalue weighted by Gasteiger charge is -2.13. The second-order valence-electron chi connectivity index (χ2n) is 5.03. The Balaban J connectivity index is 2.10. The summed E-state index contributed by atoms with van der Waals surface area (Å²) in [5.41, 5.74) is 7.07. The predicted molar refractivity (Wildman–Crippen MR) is 70.1 cm³/mol. The third-order valence-electron chi connectivity index (χ3n) is 3.92. The van der Waals surface area contributed by atoms with E-state index in [9.17, 15) is 10.4 Å². The minimum absolute atomic E-state index is 0.220. The average molecular weight is 257 g/mol. The molecule has 1 aliphatic carbocycles. The van der Waals surface area contributed by atoms with Crippen LogP contribution in [0.2, 0.25) is 0 Å². The van der Waals surface area contributed by atoms with E-state index in [2.05, 4.69) is 16.0 Å². The fraction of sp³-hybridized carbons (Fsp3) is 0.462. The highest BCUT2D eigenvalue weighted by Crippen LogP contribution is 2.37. The first-order chi connectivity index (χ1) is 9.24. The molecule has 6 nitrogen and oxygen atoms in total. The zero-order chi connectivity index (χ0) is 13.4. The summed E-state index contributed by atoms with van der Waals surface area (Å²) in [6.45, 7) is 0.220. The zero-order valence-corrected chi connectivity index (χ0v) is 10.5. The summed E-state index contributed by atoms with van der Waals surface area (Å²) in [6, 6.07) is 2.42. The van der Waals surface area contributed by atoms with E-state index in [1.54, 1.807) is 6.20 Å². The van der Waals surface area contributed by atoms with Crippen LogP contribution >= 0.6 is 0 Å². The molecule has 3 N–H and O–H groups in total. The van der Waals surface area contributed by atoms with E-state index in [-0.39, 0.29) is 12.6 Å². The maximum absolute atomic E-state index is 9.23. The van der Waals surface area contributed by atoms with Gasteiger partial charge in [0, 0.05) is 18.8 Å². The van der Waals surface area contributed by atoms with Crippen molar-refractivity contribution in [3.05, 3.63) is 18.1 Å². The molecule has 0 aromatic carbocycles. The van der Waals surface area contributed by atoms with E-state index in [0.717, 1.165) is 19.3 Å². The van der Waals surface area contributed by atoms with E-state index in [4.69, 9.17) is 5.73 Å². The normalized spacial score (nSPS) is 22.7. The summed E-state index contributed by atoms with van der Waals surface area (Å²) in [7, 11) is 0. The molecule has 0 bridgehead atoms. The maximum atomic E-state index is 9.23. The second-order valence-corrected chi connectivity index (χ2v) is 5.03. The van der Waals surface area contributed by atoms with E-state index in [0.29, 0.717) is 28.3 Å². The SMILES string of the molecule is N#Cc1cn([C@H]2CC[C@@H](CO)C2)c2ncnc(N)c12. The monoisotopic (exact) mass is 257 g/mol. The molecule has 6 heteroatoms. The Kier molecular flexibility index (Phi) is 2.84. The number of nitrogens with two attached hydrogens (primary N) is 1. The first kappa shape index (κ1) is 11.9. The molecule has 19 heavy (non-hydrogen) atoms. The van der Waals surface area contributed by atoms with Crippen LogP contribution in [0.5, 0.6) is 0 Å². The van der Waals surface area contributed by atoms with Gasteiger partial charge in [-0.3, -0.25) is 0 Å². The number of fused-ring (bicyclic) bond motifs is 1. The lowest BCUT2D eigenvalue weighted by atomic mass is 10.1. The number of hydrogen-bond donors (Lipinski definition) is 2. The van der Waals surface area contributed by atoms with Gasteiger partial charge in [0.1, 0.15) is 23.9 Å². The third-order valence-corrected chi connectivity index (χ3v) is 3.92. The van der Waals surface area contributed by atoms with Crippen molar-refractivity contribution in [2.24, 2.45) is 5.92 Å². The van der Waals surface area contributed by atoms with E-state index in [1.165, 1.54) is 6.33 Å². The third kappa shape index (κ3) is 1.83. The molecule has 2 aromatic heterocycles. The fourth-order valence-electron chi connectivity index (χ4n) is 2.94. The van der Waals surface area contributed by atoms with Crippen molar-refractivity contribution in [3.63, 3.8) is 0 Å². The van der Waals surface area contributed by atoms with Gasteiger partial charge in [-0.2, -0.15) is 5.26 Å². The quantitative estimate of drug-likeness (QED) is 0.842. The largest absolute Gasteiger partial charge is 0.396 e. The van der Waals surface area contributed by atoms with Crippen LogP contribution in [-0.2, 0) is 0 Å². The minimum Gasteiger partial charge on any atom is -0.396 e. The van der Waals surface area contributed by atoms with Crippen molar-refractivity contribution in [2.45, 2.75) is 25.3 Å². The molecule has 0 radical (unpaired) electrons. The van der Waals surface area contributed by atoms with Crippen molar-refractivity contribution in [3.8, 4) is 6.07 Å². The highest BCUT2D eigenvalue weighted by Gasteiger charge is 2.27. The number of aliphatic hydroxyl groups excluding tert-OH is 1. The van der Waals surface area contributed by atoms with Crippen LogP contribution in [0.15, 0.2) is 12.5 Å². The first-order valence-corrected chi connectivity index (χ1v) is 6.36. The summed E-state index contributed by atoms with van der Waals surface area (Å²) in [4.78, 5) is 8.21. The van der Waals surface area contributed by atoms with Crippen LogP contribution in [0.25, 0.3) is 11.0 Å². The number of nitrogens with zero attached hydrogens (tertiary/aromatic N) is 4. The van der Waals surface area contributed by atoms with Gasteiger partial charge in [-0.25, -0.2) is 9.97 Å². The van der Waals surface area contributed by atoms with Gasteiger partial charge < -0.3 is 15.4 Å². The van der Waals surface area contributed by atoms with Crippen LogP contribution in [0, 0.1) is 17.2 Å². The van der Waals surface area contributed by atoms with Crippen LogP contribution < -0.4 is 5.73 Å². The highest BCUT2D eigenvalue weighted by molar-refractivity contribution is 5.91. The maximum Gasteiger partial charge on any atom is 0.147 e. The summed E-state index contributed by atoms with van der Waals surface area (Å²) in [6.07, 6.45) is 6.13. The van der Waals surface area contributed by atoms with E-state index < -0.39 is 0 Å². The minimum atomic E-state index is 0.220. The number of nitrogen functional groups attached to an aromatic ring is 1. The zero-order valence-electron chi connectivity index (χ0n) is 10.5. The van der Waals surface area contributed by atoms with Crippen molar-refractivity contribution < 1.29 is 5.11 Å². The van der Waals surface area contributed by atoms with Crippen molar-refractivity contribution >= 4 is 16.9 Å². The number of aromatic nitrogens is 3. The van der Waals surface area contributed by atoms with E-state index in [1.807, 2.05) is 4.57 Å². The van der Waals surface area contributed by atoms with Gasteiger partial charge in [0.15, 0.2) is 0 Å². The summed E-state index contributed by atoms with van der Waals surface area (Å²) in [5, 5.41) is 19.1. The molecule has 3 rings (SSSR count). The molecule has 1 aliphatic rings. The molecule has 1 saturated carbocycles. The van der Waals surface area contributed by atoms with Gasteiger partial charge in [-0.1, -0.05) is 0 Å². The summed E-state index contributed by atoms with van der Waals surface area (Å²) >= 11 is 0. The van der Waals surface area contributed by atoms with E-state index >= 15 is 0 Å². The fourth-order valence-corrected chi connectivity index (χ4v) is 2.94. The number of nitriles is 1. The molecule has 2 heterocycles. The van der Waals surface area contributed by atoms with Crippen molar-refractivity contribution in [1.29, 1.82) is 5.26 Å². The average Bonchev–Trinajstić information content (AvgIpc) is 3.02. The first-order valence-electron chi connectivity index (χ1n) is 6.36. The molecule has 0 aliphatic heterocycles. The molecule has 0 amide bonds. The molecule has 1 fully saturated rings. The molecule has 2 atom stereocenters. The molecular formula is C13H15N5O. The lowest BCUT2D eigenvalue weighted by Crippen LogP contribution is -2.07. The predicted octanol–water partition coefficient (Wildman–Crippen LogP) is 1.22. The van der Waals surface area contributed by atoms with Gasteiger partial charge in [-0.05, 0) is 25.2 Å². The Morgan fingerprint density at radius 2 is 2.32 bits per heavy atom. The highest BCUT2D eigenvalue weighted by atomic mass is 16.3. The molecule has 0 saturated heterocycles. The summed E-state index contributed by atoms with van der Waals surface area (Å²) in [5.74, 6) is 0.684. The van der Waals surface area contributed by atoms with Crippen molar-refractivity contribution in [1.82, 2.24) is 14.5 Å².